The van der Waals surface area contributed by atoms with Gasteiger partial charge in [0.15, 0.2) is 0 Å². The van der Waals surface area contributed by atoms with E-state index in [2.05, 4.69) is 0 Å². The van der Waals surface area contributed by atoms with Crippen molar-refractivity contribution in [2.75, 3.05) is 13.6 Å². The van der Waals surface area contributed by atoms with Crippen LogP contribution in [0.25, 0.3) is 0 Å². The molecule has 1 heterocycles. The maximum absolute atomic E-state index is 12.5. The van der Waals surface area contributed by atoms with Crippen molar-refractivity contribution in [1.82, 2.24) is 4.90 Å². The van der Waals surface area contributed by atoms with E-state index in [-0.39, 0.29) is 13.0 Å². The molecule has 0 saturated carbocycles. The zero-order valence-corrected chi connectivity index (χ0v) is 5.75. The Morgan fingerprint density at radius 1 is 1.80 bits per heavy atom. The number of carboxylic acids is 1. The van der Waals surface area contributed by atoms with Crippen molar-refractivity contribution in [3.05, 3.63) is 0 Å². The fraction of sp³-hybridized carbons (Fsp3) is 0.833. The molecule has 0 aromatic rings. The summed E-state index contributed by atoms with van der Waals surface area (Å²) < 4.78 is 12.5. The molecule has 0 radical (unpaired) electrons. The highest BCUT2D eigenvalue weighted by atomic mass is 19.1. The Morgan fingerprint density at radius 3 is 2.60 bits per heavy atom. The van der Waals surface area contributed by atoms with Crippen molar-refractivity contribution in [3.8, 4) is 0 Å². The summed E-state index contributed by atoms with van der Waals surface area (Å²) in [6.45, 7) is 0.247. The number of rotatable bonds is 1. The molecule has 1 aliphatic heterocycles. The predicted octanol–water partition coefficient (Wildman–Crippen LogP) is 0.113. The molecule has 1 saturated heterocycles. The highest BCUT2D eigenvalue weighted by Gasteiger charge is 2.34. The monoisotopic (exact) mass is 147 g/mol. The minimum atomic E-state index is -0.967. The van der Waals surface area contributed by atoms with Gasteiger partial charge in [-0.25, -0.2) is 4.39 Å². The van der Waals surface area contributed by atoms with Crippen molar-refractivity contribution in [3.63, 3.8) is 0 Å². The quantitative estimate of drug-likeness (QED) is 0.572. The molecule has 0 amide bonds. The van der Waals surface area contributed by atoms with Crippen LogP contribution in [0.4, 0.5) is 4.39 Å². The highest BCUT2D eigenvalue weighted by molar-refractivity contribution is 5.73. The lowest BCUT2D eigenvalue weighted by molar-refractivity contribution is -0.141. The molecule has 10 heavy (non-hydrogen) atoms. The third-order valence-corrected chi connectivity index (χ3v) is 1.78. The van der Waals surface area contributed by atoms with Crippen LogP contribution in [0.15, 0.2) is 0 Å². The fourth-order valence-corrected chi connectivity index (χ4v) is 1.23. The van der Waals surface area contributed by atoms with Gasteiger partial charge in [-0.05, 0) is 7.05 Å². The van der Waals surface area contributed by atoms with E-state index in [1.807, 2.05) is 0 Å². The number of carboxylic acid groups (broad SMARTS) is 1. The minimum absolute atomic E-state index is 0.131. The summed E-state index contributed by atoms with van der Waals surface area (Å²) in [5.41, 5.74) is 0. The molecular weight excluding hydrogens is 137 g/mol. The molecule has 1 unspecified atom stereocenters. The lowest BCUT2D eigenvalue weighted by Crippen LogP contribution is -2.32. The van der Waals surface area contributed by atoms with Crippen molar-refractivity contribution in [2.24, 2.45) is 0 Å². The number of alkyl halides is 1. The van der Waals surface area contributed by atoms with Crippen LogP contribution in [-0.2, 0) is 4.79 Å². The zero-order chi connectivity index (χ0) is 7.72. The predicted molar refractivity (Wildman–Crippen MR) is 33.6 cm³/mol. The number of nitrogens with zero attached hydrogens (tertiary/aromatic N) is 1. The maximum atomic E-state index is 12.5. The molecule has 0 spiro atoms. The molecule has 1 rings (SSSR count). The van der Waals surface area contributed by atoms with E-state index in [1.54, 1.807) is 7.05 Å². The van der Waals surface area contributed by atoms with Gasteiger partial charge in [-0.3, -0.25) is 9.69 Å². The zero-order valence-electron chi connectivity index (χ0n) is 5.75. The number of carbonyl (C=O) groups is 1. The normalized spacial score (nSPS) is 34.6. The van der Waals surface area contributed by atoms with Gasteiger partial charge in [-0.15, -0.1) is 0 Å². The molecule has 1 N–H and O–H groups in total. The van der Waals surface area contributed by atoms with Gasteiger partial charge in [-0.1, -0.05) is 0 Å². The number of hydrogen-bond acceptors (Lipinski definition) is 2. The van der Waals surface area contributed by atoms with Crippen molar-refractivity contribution in [2.45, 2.75) is 18.6 Å². The van der Waals surface area contributed by atoms with E-state index >= 15 is 0 Å². The van der Waals surface area contributed by atoms with Gasteiger partial charge in [0.25, 0.3) is 0 Å². The lowest BCUT2D eigenvalue weighted by Gasteiger charge is -2.12. The standard InChI is InChI=1S/C6H10FNO2/c1-8-3-4(7)2-5(8)6(9)10/h4-5H,2-3H2,1H3,(H,9,10)/t4?,5-/m0/s1. The molecule has 0 aromatic carbocycles. The number of likely N-dealkylation sites (N-methyl/N-ethyl adjacent to an activating group) is 1. The summed E-state index contributed by atoms with van der Waals surface area (Å²) >= 11 is 0. The van der Waals surface area contributed by atoms with E-state index in [0.717, 1.165) is 0 Å². The molecule has 58 valence electrons. The van der Waals surface area contributed by atoms with Crippen LogP contribution in [0.3, 0.4) is 0 Å². The second-order valence-corrected chi connectivity index (χ2v) is 2.63. The summed E-state index contributed by atoms with van der Waals surface area (Å²) in [6.07, 6.45) is -0.836. The molecule has 0 aliphatic carbocycles. The Hall–Kier alpha value is -0.640. The van der Waals surface area contributed by atoms with E-state index in [4.69, 9.17) is 5.11 Å². The Labute approximate surface area is 58.4 Å². The van der Waals surface area contributed by atoms with Crippen LogP contribution in [0.2, 0.25) is 0 Å². The van der Waals surface area contributed by atoms with Gasteiger partial charge in [-0.2, -0.15) is 0 Å². The Bertz CT molecular complexity index is 151. The second-order valence-electron chi connectivity index (χ2n) is 2.63. The van der Waals surface area contributed by atoms with Crippen molar-refractivity contribution >= 4 is 5.97 Å². The molecular formula is C6H10FNO2. The molecule has 1 fully saturated rings. The first-order chi connectivity index (χ1) is 4.61. The van der Waals surface area contributed by atoms with E-state index in [9.17, 15) is 9.18 Å². The summed E-state index contributed by atoms with van der Waals surface area (Å²) in [6, 6.07) is -0.616. The summed E-state index contributed by atoms with van der Waals surface area (Å²) in [7, 11) is 1.62. The van der Waals surface area contributed by atoms with E-state index in [1.165, 1.54) is 4.90 Å². The largest absolute Gasteiger partial charge is 0.480 e. The van der Waals surface area contributed by atoms with Gasteiger partial charge in [0, 0.05) is 13.0 Å². The van der Waals surface area contributed by atoms with Crippen LogP contribution in [0, 0.1) is 0 Å². The van der Waals surface area contributed by atoms with Gasteiger partial charge >= 0.3 is 5.97 Å². The van der Waals surface area contributed by atoms with Crippen LogP contribution in [0.1, 0.15) is 6.42 Å². The SMILES string of the molecule is CN1CC(F)C[C@H]1C(=O)O. The van der Waals surface area contributed by atoms with E-state index in [0.29, 0.717) is 0 Å². The van der Waals surface area contributed by atoms with Crippen LogP contribution >= 0.6 is 0 Å². The van der Waals surface area contributed by atoms with Crippen molar-refractivity contribution in [1.29, 1.82) is 0 Å². The fourth-order valence-electron chi connectivity index (χ4n) is 1.23. The van der Waals surface area contributed by atoms with Crippen LogP contribution in [-0.4, -0.2) is 41.8 Å². The Balaban J connectivity index is 2.54. The van der Waals surface area contributed by atoms with Gasteiger partial charge in [0.1, 0.15) is 12.2 Å². The second kappa shape index (κ2) is 2.54. The van der Waals surface area contributed by atoms with Gasteiger partial charge in [0.05, 0.1) is 0 Å². The molecule has 4 heteroatoms. The first-order valence-electron chi connectivity index (χ1n) is 3.18. The molecule has 2 atom stereocenters. The Morgan fingerprint density at radius 2 is 2.40 bits per heavy atom. The third-order valence-electron chi connectivity index (χ3n) is 1.78. The average molecular weight is 147 g/mol. The smallest absolute Gasteiger partial charge is 0.321 e. The van der Waals surface area contributed by atoms with E-state index < -0.39 is 18.2 Å². The number of likely N-dealkylation sites (tertiary alicyclic amines) is 1. The number of aliphatic carboxylic acids is 1. The lowest BCUT2D eigenvalue weighted by atomic mass is 10.2. The average Bonchev–Trinajstić information content (AvgIpc) is 2.10. The van der Waals surface area contributed by atoms with Gasteiger partial charge < -0.3 is 5.11 Å². The van der Waals surface area contributed by atoms with Gasteiger partial charge in [0.2, 0.25) is 0 Å². The van der Waals surface area contributed by atoms with Crippen LogP contribution in [0.5, 0.6) is 0 Å². The summed E-state index contributed by atoms with van der Waals surface area (Å²) in [5, 5.41) is 8.49. The Kier molecular flexibility index (Phi) is 1.89. The summed E-state index contributed by atoms with van der Waals surface area (Å²) in [5.74, 6) is -0.928. The number of halogens is 1. The van der Waals surface area contributed by atoms with Crippen LogP contribution < -0.4 is 0 Å². The van der Waals surface area contributed by atoms with Crippen molar-refractivity contribution < 1.29 is 14.3 Å². The first kappa shape index (κ1) is 7.47. The summed E-state index contributed by atoms with van der Waals surface area (Å²) in [4.78, 5) is 11.9. The third kappa shape index (κ3) is 1.26. The number of hydrogen-bond donors (Lipinski definition) is 1. The minimum Gasteiger partial charge on any atom is -0.480 e. The molecule has 1 aliphatic rings. The topological polar surface area (TPSA) is 40.5 Å². The first-order valence-corrected chi connectivity index (χ1v) is 3.18. The molecule has 0 aromatic heterocycles. The highest BCUT2D eigenvalue weighted by Crippen LogP contribution is 2.17. The molecule has 3 nitrogen and oxygen atoms in total. The maximum Gasteiger partial charge on any atom is 0.321 e. The molecule has 0 bridgehead atoms.